The fourth-order valence-electron chi connectivity index (χ4n) is 5.10. The van der Waals surface area contributed by atoms with Gasteiger partial charge in [-0.3, -0.25) is 0 Å². The second-order valence-corrected chi connectivity index (χ2v) is 9.18. The summed E-state index contributed by atoms with van der Waals surface area (Å²) in [4.78, 5) is 4.92. The number of nitrogens with zero attached hydrogens (tertiary/aromatic N) is 2. The van der Waals surface area contributed by atoms with Crippen molar-refractivity contribution in [2.45, 2.75) is 37.7 Å². The Morgan fingerprint density at radius 3 is 2.74 bits per heavy atom. The lowest BCUT2D eigenvalue weighted by Gasteiger charge is -2.42. The van der Waals surface area contributed by atoms with Gasteiger partial charge in [-0.25, -0.2) is 0 Å². The number of methoxy groups -OCH3 is 1. The van der Waals surface area contributed by atoms with Crippen LogP contribution < -0.4 is 4.74 Å². The van der Waals surface area contributed by atoms with Crippen LogP contribution in [0.1, 0.15) is 37.0 Å². The van der Waals surface area contributed by atoms with Gasteiger partial charge < -0.3 is 24.1 Å². The Hall–Kier alpha value is -2.08. The van der Waals surface area contributed by atoms with Gasteiger partial charge in [0.2, 0.25) is 0 Å². The molecule has 1 saturated carbocycles. The van der Waals surface area contributed by atoms with E-state index in [-0.39, 0.29) is 5.92 Å². The molecule has 1 aromatic carbocycles. The molecular weight excluding hydrogens is 388 g/mol. The van der Waals surface area contributed by atoms with Crippen LogP contribution in [0.2, 0.25) is 0 Å². The highest BCUT2D eigenvalue weighted by Gasteiger charge is 2.42. The van der Waals surface area contributed by atoms with Gasteiger partial charge in [-0.1, -0.05) is 18.6 Å². The van der Waals surface area contributed by atoms with E-state index in [1.54, 1.807) is 13.4 Å². The number of piperazine rings is 1. The van der Waals surface area contributed by atoms with E-state index in [1.165, 1.54) is 0 Å². The van der Waals surface area contributed by atoms with Crippen LogP contribution in [-0.2, 0) is 6.42 Å². The smallest absolute Gasteiger partial charge is 0.126 e. The highest BCUT2D eigenvalue weighted by Crippen LogP contribution is 2.41. The zero-order valence-electron chi connectivity index (χ0n) is 18.9. The summed E-state index contributed by atoms with van der Waals surface area (Å²) in [6.07, 6.45) is 8.58. The topological polar surface area (TPSA) is 49.1 Å². The van der Waals surface area contributed by atoms with Crippen LogP contribution in [0.3, 0.4) is 0 Å². The number of likely N-dealkylation sites (N-methyl/N-ethyl adjacent to an activating group) is 1. The monoisotopic (exact) mass is 424 g/mol. The fourth-order valence-corrected chi connectivity index (χ4v) is 5.10. The first kappa shape index (κ1) is 22.1. The Balaban J connectivity index is 1.66. The number of furan rings is 1. The largest absolute Gasteiger partial charge is 0.497 e. The summed E-state index contributed by atoms with van der Waals surface area (Å²) in [5.41, 5.74) is 1.30. The first-order valence-electron chi connectivity index (χ1n) is 11.6. The van der Waals surface area contributed by atoms with Crippen molar-refractivity contribution in [1.29, 1.82) is 0 Å². The minimum atomic E-state index is -0.904. The molecule has 0 spiro atoms. The average molecular weight is 425 g/mol. The highest BCUT2D eigenvalue weighted by molar-refractivity contribution is 5.51. The molecule has 1 aromatic heterocycles. The minimum absolute atomic E-state index is 0.186. The molecule has 1 aliphatic heterocycles. The zero-order chi connectivity index (χ0) is 21.7. The van der Waals surface area contributed by atoms with Crippen LogP contribution in [-0.4, -0.2) is 67.4 Å². The SMILES string of the molecule is COc1cccc(CC2(O)C(=Cc3ccco3)CCCCC2CN2CCN(C)CC2)c1. The van der Waals surface area contributed by atoms with E-state index in [4.69, 9.17) is 9.15 Å². The van der Waals surface area contributed by atoms with Crippen molar-refractivity contribution in [2.75, 3.05) is 46.9 Å². The number of hydrogen-bond acceptors (Lipinski definition) is 5. The van der Waals surface area contributed by atoms with Gasteiger partial charge >= 0.3 is 0 Å². The Bertz CT molecular complexity index is 855. The lowest BCUT2D eigenvalue weighted by Crippen LogP contribution is -2.51. The highest BCUT2D eigenvalue weighted by atomic mass is 16.5. The Kier molecular flexibility index (Phi) is 7.16. The molecule has 1 aliphatic carbocycles. The van der Waals surface area contributed by atoms with E-state index in [1.807, 2.05) is 24.3 Å². The normalized spacial score (nSPS) is 27.3. The van der Waals surface area contributed by atoms with Crippen LogP contribution in [0.4, 0.5) is 0 Å². The quantitative estimate of drug-likeness (QED) is 0.708. The molecule has 2 fully saturated rings. The van der Waals surface area contributed by atoms with Crippen molar-refractivity contribution >= 4 is 6.08 Å². The molecule has 0 radical (unpaired) electrons. The summed E-state index contributed by atoms with van der Waals surface area (Å²) in [7, 11) is 3.88. The third-order valence-electron chi connectivity index (χ3n) is 7.02. The molecule has 2 unspecified atom stereocenters. The lowest BCUT2D eigenvalue weighted by atomic mass is 9.75. The maximum absolute atomic E-state index is 12.4. The van der Waals surface area contributed by atoms with Crippen molar-refractivity contribution < 1.29 is 14.3 Å². The molecular formula is C26H36N2O3. The first-order chi connectivity index (χ1) is 15.1. The zero-order valence-corrected chi connectivity index (χ0v) is 18.9. The summed E-state index contributed by atoms with van der Waals surface area (Å²) in [5.74, 6) is 1.84. The second kappa shape index (κ2) is 10.0. The van der Waals surface area contributed by atoms with Crippen LogP contribution in [0, 0.1) is 5.92 Å². The number of rotatable bonds is 6. The maximum atomic E-state index is 12.4. The molecule has 5 heteroatoms. The van der Waals surface area contributed by atoms with Gasteiger partial charge in [-0.05, 0) is 67.8 Å². The summed E-state index contributed by atoms with van der Waals surface area (Å²) in [6, 6.07) is 12.0. The first-order valence-corrected chi connectivity index (χ1v) is 11.6. The van der Waals surface area contributed by atoms with Crippen LogP contribution in [0.25, 0.3) is 6.08 Å². The molecule has 4 rings (SSSR count). The van der Waals surface area contributed by atoms with E-state index in [9.17, 15) is 5.11 Å². The van der Waals surface area contributed by atoms with Crippen molar-refractivity contribution in [3.8, 4) is 5.75 Å². The van der Waals surface area contributed by atoms with E-state index in [2.05, 4.69) is 35.1 Å². The molecule has 0 bridgehead atoms. The van der Waals surface area contributed by atoms with Crippen molar-refractivity contribution in [1.82, 2.24) is 9.80 Å². The molecule has 168 valence electrons. The fraction of sp³-hybridized carbons (Fsp3) is 0.538. The van der Waals surface area contributed by atoms with Gasteiger partial charge in [0.05, 0.1) is 19.0 Å². The molecule has 2 heterocycles. The average Bonchev–Trinajstić information content (AvgIpc) is 3.24. The standard InChI is InChI=1S/C26H36N2O3/c1-27-12-14-28(15-13-27)20-23-9-4-3-8-22(18-25-11-6-16-31-25)26(23,29)19-21-7-5-10-24(17-21)30-2/h5-7,10-11,16-18,23,29H,3-4,8-9,12-15,19-20H2,1-2H3. The Morgan fingerprint density at radius 2 is 2.00 bits per heavy atom. The van der Waals surface area contributed by atoms with Crippen LogP contribution in [0.5, 0.6) is 5.75 Å². The van der Waals surface area contributed by atoms with Gasteiger partial charge in [0, 0.05) is 45.1 Å². The third-order valence-corrected chi connectivity index (χ3v) is 7.02. The number of ether oxygens (including phenoxy) is 1. The van der Waals surface area contributed by atoms with E-state index < -0.39 is 5.60 Å². The lowest BCUT2D eigenvalue weighted by molar-refractivity contribution is -0.00651. The van der Waals surface area contributed by atoms with E-state index >= 15 is 0 Å². The van der Waals surface area contributed by atoms with Crippen LogP contribution in [0.15, 0.2) is 52.7 Å². The molecule has 5 nitrogen and oxygen atoms in total. The maximum Gasteiger partial charge on any atom is 0.126 e. The van der Waals surface area contributed by atoms with Gasteiger partial charge in [-0.2, -0.15) is 0 Å². The summed E-state index contributed by atoms with van der Waals surface area (Å²) in [5, 5.41) is 12.4. The Labute approximate surface area is 186 Å². The second-order valence-electron chi connectivity index (χ2n) is 9.18. The predicted molar refractivity (Wildman–Crippen MR) is 124 cm³/mol. The Morgan fingerprint density at radius 1 is 1.16 bits per heavy atom. The molecule has 1 saturated heterocycles. The summed E-state index contributed by atoms with van der Waals surface area (Å²) >= 11 is 0. The molecule has 0 amide bonds. The molecule has 2 atom stereocenters. The summed E-state index contributed by atoms with van der Waals surface area (Å²) < 4.78 is 11.1. The summed E-state index contributed by atoms with van der Waals surface area (Å²) in [6.45, 7) is 5.26. The molecule has 31 heavy (non-hydrogen) atoms. The van der Waals surface area contributed by atoms with Crippen molar-refractivity contribution in [3.63, 3.8) is 0 Å². The van der Waals surface area contributed by atoms with Gasteiger partial charge in [-0.15, -0.1) is 0 Å². The van der Waals surface area contributed by atoms with E-state index in [0.29, 0.717) is 6.42 Å². The molecule has 2 aromatic rings. The van der Waals surface area contributed by atoms with Crippen molar-refractivity contribution in [2.24, 2.45) is 5.92 Å². The molecule has 1 N–H and O–H groups in total. The number of aliphatic hydroxyl groups is 1. The van der Waals surface area contributed by atoms with Crippen LogP contribution >= 0.6 is 0 Å². The van der Waals surface area contributed by atoms with E-state index in [0.717, 1.165) is 81.1 Å². The number of benzene rings is 1. The molecule has 2 aliphatic rings. The predicted octanol–water partition coefficient (Wildman–Crippen LogP) is 4.08. The number of hydrogen-bond donors (Lipinski definition) is 1. The van der Waals surface area contributed by atoms with Gasteiger partial charge in [0.15, 0.2) is 0 Å². The van der Waals surface area contributed by atoms with Gasteiger partial charge in [0.1, 0.15) is 11.5 Å². The van der Waals surface area contributed by atoms with Gasteiger partial charge in [0.25, 0.3) is 0 Å². The van der Waals surface area contributed by atoms with Crippen molar-refractivity contribution in [3.05, 3.63) is 59.6 Å². The minimum Gasteiger partial charge on any atom is -0.497 e. The third kappa shape index (κ3) is 5.40.